The summed E-state index contributed by atoms with van der Waals surface area (Å²) >= 11 is 0. The Labute approximate surface area is 188 Å². The number of aliphatic imine (C=N–C) groups is 1. The zero-order valence-corrected chi connectivity index (χ0v) is 19.3. The van der Waals surface area contributed by atoms with E-state index in [-0.39, 0.29) is 18.5 Å². The first-order valence-electron chi connectivity index (χ1n) is 11.1. The number of rotatable bonds is 3. The lowest BCUT2D eigenvalue weighted by Gasteiger charge is -2.40. The smallest absolute Gasteiger partial charge is 0.325 e. The average Bonchev–Trinajstić information content (AvgIpc) is 3.32. The van der Waals surface area contributed by atoms with Crippen molar-refractivity contribution in [3.05, 3.63) is 64.2 Å². The molecule has 0 spiro atoms. The van der Waals surface area contributed by atoms with Gasteiger partial charge in [-0.2, -0.15) is 0 Å². The second-order valence-corrected chi connectivity index (χ2v) is 9.17. The minimum atomic E-state index is -0.492. The summed E-state index contributed by atoms with van der Waals surface area (Å²) in [5.41, 5.74) is 6.68. The molecule has 0 aromatic heterocycles. The van der Waals surface area contributed by atoms with E-state index < -0.39 is 12.2 Å². The van der Waals surface area contributed by atoms with E-state index in [4.69, 9.17) is 4.99 Å². The number of carbonyl (C=O) groups excluding carboxylic acids is 2. The van der Waals surface area contributed by atoms with Gasteiger partial charge in [-0.1, -0.05) is 41.5 Å². The Morgan fingerprint density at radius 2 is 1.66 bits per heavy atom. The molecule has 3 aliphatic heterocycles. The molecule has 7 heteroatoms. The molecule has 5 rings (SSSR count). The number of fused-ring (bicyclic) bond motifs is 3. The molecular weight excluding hydrogens is 402 g/mol. The number of urea groups is 1. The van der Waals surface area contributed by atoms with Gasteiger partial charge in [-0.25, -0.2) is 9.79 Å². The van der Waals surface area contributed by atoms with E-state index in [2.05, 4.69) is 47.9 Å². The summed E-state index contributed by atoms with van der Waals surface area (Å²) in [7, 11) is 1.75. The van der Waals surface area contributed by atoms with Crippen LogP contribution in [0.5, 0.6) is 0 Å². The van der Waals surface area contributed by atoms with Crippen molar-refractivity contribution in [2.24, 2.45) is 4.99 Å². The van der Waals surface area contributed by atoms with Crippen molar-refractivity contribution in [1.82, 2.24) is 14.7 Å². The van der Waals surface area contributed by atoms with Gasteiger partial charge in [-0.15, -0.1) is 0 Å². The highest BCUT2D eigenvalue weighted by Gasteiger charge is 2.54. The normalized spacial score (nSPS) is 22.5. The molecule has 0 N–H and O–H groups in total. The molecule has 2 aromatic rings. The van der Waals surface area contributed by atoms with Gasteiger partial charge >= 0.3 is 6.03 Å². The summed E-state index contributed by atoms with van der Waals surface area (Å²) in [6.45, 7) is 9.97. The highest BCUT2D eigenvalue weighted by Crippen LogP contribution is 2.35. The zero-order chi connectivity index (χ0) is 22.7. The van der Waals surface area contributed by atoms with Crippen LogP contribution in [0.2, 0.25) is 0 Å². The molecule has 2 fully saturated rings. The van der Waals surface area contributed by atoms with Gasteiger partial charge in [0.15, 0.2) is 12.2 Å². The fourth-order valence-electron chi connectivity index (χ4n) is 5.06. The molecule has 0 radical (unpaired) electrons. The average molecular weight is 432 g/mol. The number of anilines is 1. The summed E-state index contributed by atoms with van der Waals surface area (Å²) < 4.78 is 0. The van der Waals surface area contributed by atoms with E-state index in [9.17, 15) is 9.59 Å². The van der Waals surface area contributed by atoms with E-state index in [0.717, 1.165) is 34.9 Å². The molecule has 3 amide bonds. The number of nitrogens with zero attached hydrogens (tertiary/aromatic N) is 5. The summed E-state index contributed by atoms with van der Waals surface area (Å²) in [5.74, 6) is 0.619. The molecule has 0 saturated carbocycles. The third-order valence-electron chi connectivity index (χ3n) is 6.85. The Morgan fingerprint density at radius 1 is 0.938 bits per heavy atom. The Hall–Kier alpha value is -3.35. The highest BCUT2D eigenvalue weighted by atomic mass is 16.2. The quantitative estimate of drug-likeness (QED) is 0.749. The van der Waals surface area contributed by atoms with Crippen molar-refractivity contribution in [3.8, 4) is 0 Å². The zero-order valence-electron chi connectivity index (χ0n) is 19.3. The van der Waals surface area contributed by atoms with Crippen molar-refractivity contribution < 1.29 is 9.59 Å². The van der Waals surface area contributed by atoms with Gasteiger partial charge in [-0.05, 0) is 50.5 Å². The maximum Gasteiger partial charge on any atom is 0.328 e. The van der Waals surface area contributed by atoms with Crippen LogP contribution in [0, 0.1) is 27.7 Å². The molecule has 2 unspecified atom stereocenters. The van der Waals surface area contributed by atoms with Crippen LogP contribution in [-0.4, -0.2) is 64.9 Å². The van der Waals surface area contributed by atoms with Gasteiger partial charge in [0, 0.05) is 25.8 Å². The number of benzene rings is 2. The molecule has 166 valence electrons. The lowest BCUT2D eigenvalue weighted by molar-refractivity contribution is -0.137. The van der Waals surface area contributed by atoms with Crippen molar-refractivity contribution in [1.29, 1.82) is 0 Å². The molecule has 3 aliphatic rings. The Morgan fingerprint density at radius 3 is 2.41 bits per heavy atom. The Kier molecular flexibility index (Phi) is 4.73. The SMILES string of the molecule is Cc1ccc(N2CCN3C2=NC2C3C(=O)N(Cc3cc(C)ccc3C)C(=O)N2C)c(C)c1. The van der Waals surface area contributed by atoms with Crippen LogP contribution in [0.15, 0.2) is 41.4 Å². The first-order chi connectivity index (χ1) is 15.3. The van der Waals surface area contributed by atoms with E-state index in [1.165, 1.54) is 16.0 Å². The van der Waals surface area contributed by atoms with E-state index >= 15 is 0 Å². The number of hydrogen-bond acceptors (Lipinski definition) is 5. The number of hydrogen-bond donors (Lipinski definition) is 0. The third-order valence-corrected chi connectivity index (χ3v) is 6.85. The number of carbonyl (C=O) groups is 2. The van der Waals surface area contributed by atoms with Gasteiger partial charge in [0.2, 0.25) is 5.96 Å². The summed E-state index contributed by atoms with van der Waals surface area (Å²) in [5, 5.41) is 0. The molecule has 2 atom stereocenters. The minimum absolute atomic E-state index is 0.166. The van der Waals surface area contributed by atoms with Crippen LogP contribution in [0.3, 0.4) is 0 Å². The summed E-state index contributed by atoms with van der Waals surface area (Å²) in [6, 6.07) is 11.7. The van der Waals surface area contributed by atoms with Gasteiger partial charge in [0.1, 0.15) is 0 Å². The molecule has 2 saturated heterocycles. The Bertz CT molecular complexity index is 1160. The first kappa shape index (κ1) is 20.5. The first-order valence-corrected chi connectivity index (χ1v) is 11.1. The van der Waals surface area contributed by atoms with Crippen LogP contribution < -0.4 is 4.90 Å². The number of amides is 3. The van der Waals surface area contributed by atoms with Crippen molar-refractivity contribution in [2.75, 3.05) is 25.0 Å². The maximum atomic E-state index is 13.6. The molecular formula is C25H29N5O2. The topological polar surface area (TPSA) is 59.5 Å². The molecule has 2 aromatic carbocycles. The molecule has 0 aliphatic carbocycles. The predicted molar refractivity (Wildman–Crippen MR) is 125 cm³/mol. The number of imide groups is 1. The van der Waals surface area contributed by atoms with E-state index in [0.29, 0.717) is 6.54 Å². The second kappa shape index (κ2) is 7.36. The van der Waals surface area contributed by atoms with Crippen LogP contribution in [0.1, 0.15) is 27.8 Å². The number of aryl methyl sites for hydroxylation is 4. The number of guanidine groups is 1. The summed E-state index contributed by atoms with van der Waals surface area (Å²) in [4.78, 5) is 38.9. The van der Waals surface area contributed by atoms with E-state index in [1.807, 2.05) is 26.0 Å². The fourth-order valence-corrected chi connectivity index (χ4v) is 5.06. The lowest BCUT2D eigenvalue weighted by Crippen LogP contribution is -2.64. The van der Waals surface area contributed by atoms with Gasteiger partial charge in [-0.3, -0.25) is 9.69 Å². The monoisotopic (exact) mass is 431 g/mol. The van der Waals surface area contributed by atoms with Gasteiger partial charge in [0.05, 0.1) is 6.54 Å². The number of likely N-dealkylation sites (N-methyl/N-ethyl adjacent to an activating group) is 1. The molecule has 7 nitrogen and oxygen atoms in total. The standard InChI is InChI=1S/C25H29N5O2/c1-15-7-9-20(18(4)12-15)28-10-11-29-21-22(26-24(28)29)27(5)25(32)30(23(21)31)14-19-13-16(2)6-8-17(19)3/h6-9,12-13,21-22H,10-11,14H2,1-5H3. The minimum Gasteiger partial charge on any atom is -0.325 e. The van der Waals surface area contributed by atoms with Crippen LogP contribution >= 0.6 is 0 Å². The molecule has 0 bridgehead atoms. The second-order valence-electron chi connectivity index (χ2n) is 9.17. The van der Waals surface area contributed by atoms with Crippen molar-refractivity contribution >= 4 is 23.6 Å². The largest absolute Gasteiger partial charge is 0.328 e. The van der Waals surface area contributed by atoms with Crippen LogP contribution in [0.4, 0.5) is 10.5 Å². The lowest BCUT2D eigenvalue weighted by atomic mass is 10.0. The molecule has 32 heavy (non-hydrogen) atoms. The van der Waals surface area contributed by atoms with Crippen LogP contribution in [0.25, 0.3) is 0 Å². The van der Waals surface area contributed by atoms with Gasteiger partial charge < -0.3 is 14.7 Å². The van der Waals surface area contributed by atoms with Crippen molar-refractivity contribution in [3.63, 3.8) is 0 Å². The van der Waals surface area contributed by atoms with Gasteiger partial charge in [0.25, 0.3) is 5.91 Å². The van der Waals surface area contributed by atoms with E-state index in [1.54, 1.807) is 11.9 Å². The Balaban J connectivity index is 1.46. The highest BCUT2D eigenvalue weighted by molar-refractivity contribution is 6.08. The maximum absolute atomic E-state index is 13.6. The molecule has 3 heterocycles. The fraction of sp³-hybridized carbons (Fsp3) is 0.400. The third kappa shape index (κ3) is 3.06. The summed E-state index contributed by atoms with van der Waals surface area (Å²) in [6.07, 6.45) is -0.492. The van der Waals surface area contributed by atoms with Crippen LogP contribution in [-0.2, 0) is 11.3 Å². The predicted octanol–water partition coefficient (Wildman–Crippen LogP) is 3.20. The van der Waals surface area contributed by atoms with Crippen molar-refractivity contribution in [2.45, 2.75) is 46.4 Å².